The highest BCUT2D eigenvalue weighted by atomic mass is 16.6. The molecule has 0 atom stereocenters. The summed E-state index contributed by atoms with van der Waals surface area (Å²) in [6.45, 7) is 6.12. The van der Waals surface area contributed by atoms with Crippen LogP contribution >= 0.6 is 0 Å². The molecular weight excluding hydrogens is 494 g/mol. The van der Waals surface area contributed by atoms with Crippen LogP contribution in [0.15, 0.2) is 55.2 Å². The van der Waals surface area contributed by atoms with Crippen molar-refractivity contribution in [3.05, 3.63) is 66.4 Å². The average Bonchev–Trinajstić information content (AvgIpc) is 3.52. The van der Waals surface area contributed by atoms with Crippen LogP contribution in [0.3, 0.4) is 0 Å². The fraction of sp³-hybridized carbons (Fsp3) is 0.357. The zero-order chi connectivity index (χ0) is 27.4. The average molecular weight is 526 g/mol. The van der Waals surface area contributed by atoms with Crippen molar-refractivity contribution in [3.63, 3.8) is 0 Å². The Morgan fingerprint density at radius 2 is 1.79 bits per heavy atom. The van der Waals surface area contributed by atoms with Crippen LogP contribution in [0.4, 0.5) is 0 Å². The Labute approximate surface area is 226 Å². The molecule has 0 amide bonds. The van der Waals surface area contributed by atoms with Gasteiger partial charge in [0.25, 0.3) is 0 Å². The van der Waals surface area contributed by atoms with Crippen LogP contribution in [-0.2, 0) is 29.5 Å². The first-order valence-corrected chi connectivity index (χ1v) is 12.9. The maximum absolute atomic E-state index is 11.9. The molecule has 5 rings (SSSR count). The lowest BCUT2D eigenvalue weighted by molar-refractivity contribution is -0.154. The summed E-state index contributed by atoms with van der Waals surface area (Å²) in [6, 6.07) is 8.03. The second kappa shape index (κ2) is 11.1. The third-order valence-electron chi connectivity index (χ3n) is 5.97. The molecule has 0 spiro atoms. The van der Waals surface area contributed by atoms with Gasteiger partial charge in [0.1, 0.15) is 5.60 Å². The summed E-state index contributed by atoms with van der Waals surface area (Å²) in [5.74, 6) is 0.491. The molecule has 0 bridgehead atoms. The maximum Gasteiger partial charge on any atom is 0.306 e. The molecule has 0 aliphatic rings. The second-order valence-electron chi connectivity index (χ2n) is 10.5. The minimum absolute atomic E-state index is 0.158. The lowest BCUT2D eigenvalue weighted by Crippen LogP contribution is -2.23. The maximum atomic E-state index is 11.9. The van der Waals surface area contributed by atoms with Crippen LogP contribution in [0.2, 0.25) is 0 Å². The number of carbonyl (C=O) groups is 1. The molecule has 0 aliphatic carbocycles. The number of fused-ring (bicyclic) bond motifs is 1. The summed E-state index contributed by atoms with van der Waals surface area (Å²) < 4.78 is 8.82. The predicted octanol–water partition coefficient (Wildman–Crippen LogP) is 4.18. The summed E-state index contributed by atoms with van der Waals surface area (Å²) in [4.78, 5) is 30.2. The monoisotopic (exact) mass is 525 g/mol. The summed E-state index contributed by atoms with van der Waals surface area (Å²) in [5, 5.41) is 12.6. The summed E-state index contributed by atoms with van der Waals surface area (Å²) >= 11 is 0. The van der Waals surface area contributed by atoms with Gasteiger partial charge in [-0.15, -0.1) is 5.10 Å². The molecule has 0 fully saturated rings. The van der Waals surface area contributed by atoms with E-state index in [0.717, 1.165) is 41.5 Å². The minimum Gasteiger partial charge on any atom is -0.460 e. The summed E-state index contributed by atoms with van der Waals surface area (Å²) in [7, 11) is 1.86. The van der Waals surface area contributed by atoms with E-state index >= 15 is 0 Å². The van der Waals surface area contributed by atoms with Gasteiger partial charge in [-0.25, -0.2) is 24.6 Å². The zero-order valence-electron chi connectivity index (χ0n) is 22.6. The molecular formula is C28H31N9O2. The number of esters is 1. The van der Waals surface area contributed by atoms with Gasteiger partial charge < -0.3 is 4.74 Å². The van der Waals surface area contributed by atoms with Crippen LogP contribution in [0.1, 0.15) is 51.2 Å². The van der Waals surface area contributed by atoms with E-state index in [0.29, 0.717) is 35.8 Å². The van der Waals surface area contributed by atoms with Gasteiger partial charge in [0.2, 0.25) is 5.65 Å². The van der Waals surface area contributed by atoms with Crippen molar-refractivity contribution >= 4 is 17.3 Å². The number of benzene rings is 1. The number of hydrogen-bond acceptors (Lipinski definition) is 9. The van der Waals surface area contributed by atoms with Crippen molar-refractivity contribution in [1.29, 1.82) is 0 Å². The van der Waals surface area contributed by atoms with E-state index in [1.165, 1.54) is 0 Å². The number of carbonyl (C=O) groups excluding carboxylic acids is 1. The molecule has 0 N–H and O–H groups in total. The Balaban J connectivity index is 1.22. The van der Waals surface area contributed by atoms with Crippen LogP contribution in [-0.4, -0.2) is 56.3 Å². The minimum atomic E-state index is -0.445. The van der Waals surface area contributed by atoms with Crippen molar-refractivity contribution < 1.29 is 9.53 Å². The molecule has 0 saturated carbocycles. The third-order valence-corrected chi connectivity index (χ3v) is 5.97. The molecule has 5 aromatic rings. The lowest BCUT2D eigenvalue weighted by Gasteiger charge is -2.19. The molecule has 200 valence electrons. The van der Waals surface area contributed by atoms with Gasteiger partial charge in [-0.05, 0) is 57.2 Å². The molecule has 11 nitrogen and oxygen atoms in total. The van der Waals surface area contributed by atoms with E-state index in [9.17, 15) is 4.79 Å². The van der Waals surface area contributed by atoms with E-state index in [1.54, 1.807) is 21.8 Å². The van der Waals surface area contributed by atoms with Gasteiger partial charge in [0.15, 0.2) is 11.5 Å². The van der Waals surface area contributed by atoms with Crippen LogP contribution in [0.5, 0.6) is 0 Å². The van der Waals surface area contributed by atoms with Crippen LogP contribution in [0.25, 0.3) is 33.9 Å². The number of unbranched alkanes of at least 4 members (excludes halogenated alkanes) is 1. The number of aryl methyl sites for hydroxylation is 2. The first kappa shape index (κ1) is 26.1. The van der Waals surface area contributed by atoms with Crippen LogP contribution in [0, 0.1) is 0 Å². The largest absolute Gasteiger partial charge is 0.460 e. The van der Waals surface area contributed by atoms with Crippen molar-refractivity contribution in [2.75, 3.05) is 0 Å². The highest BCUT2D eigenvalue weighted by Crippen LogP contribution is 2.20. The lowest BCUT2D eigenvalue weighted by atomic mass is 10.1. The van der Waals surface area contributed by atoms with E-state index in [2.05, 4.69) is 30.4 Å². The molecule has 39 heavy (non-hydrogen) atoms. The Morgan fingerprint density at radius 1 is 0.974 bits per heavy atom. The van der Waals surface area contributed by atoms with E-state index < -0.39 is 5.60 Å². The summed E-state index contributed by atoms with van der Waals surface area (Å²) in [6.07, 6.45) is 11.9. The molecule has 4 aromatic heterocycles. The molecule has 4 heterocycles. The molecule has 0 radical (unpaired) electrons. The number of aromatic nitrogens is 9. The quantitative estimate of drug-likeness (QED) is 0.206. The van der Waals surface area contributed by atoms with Gasteiger partial charge >= 0.3 is 5.97 Å². The SMILES string of the molecule is Cn1cc(-c2cnc3nnn(Cc4cccc(-c5ncc(CCCCC(=O)OC(C)(C)C)cn5)c4)c3n2)cn1. The standard InChI is InChI=1S/C28H31N9O2/c1-28(2,3)39-24(38)11-6-5-8-20-13-29-25(30-14-20)21-10-7-9-19(12-21)17-37-27-26(34-35-37)31-16-23(33-27)22-15-32-36(4)18-22/h7,9-10,12-16,18H,5-6,8,11,17H2,1-4H3. The Bertz CT molecular complexity index is 1580. The number of ether oxygens (including phenoxy) is 1. The molecule has 0 unspecified atom stereocenters. The van der Waals surface area contributed by atoms with Gasteiger partial charge in [-0.1, -0.05) is 23.4 Å². The highest BCUT2D eigenvalue weighted by molar-refractivity contribution is 5.70. The Kier molecular flexibility index (Phi) is 7.40. The number of rotatable bonds is 9. The number of nitrogens with zero attached hydrogens (tertiary/aromatic N) is 9. The van der Waals surface area contributed by atoms with Gasteiger partial charge in [-0.2, -0.15) is 5.10 Å². The highest BCUT2D eigenvalue weighted by Gasteiger charge is 2.16. The predicted molar refractivity (Wildman–Crippen MR) is 145 cm³/mol. The smallest absolute Gasteiger partial charge is 0.306 e. The number of hydrogen-bond donors (Lipinski definition) is 0. The fourth-order valence-electron chi connectivity index (χ4n) is 4.16. The summed E-state index contributed by atoms with van der Waals surface area (Å²) in [5.41, 5.74) is 5.21. The van der Waals surface area contributed by atoms with Crippen molar-refractivity contribution in [1.82, 2.24) is 44.7 Å². The third kappa shape index (κ3) is 6.67. The van der Waals surface area contributed by atoms with Crippen molar-refractivity contribution in [2.24, 2.45) is 7.05 Å². The topological polar surface area (TPSA) is 126 Å². The van der Waals surface area contributed by atoms with Gasteiger partial charge in [0.05, 0.1) is 24.6 Å². The molecule has 1 aromatic carbocycles. The molecule has 11 heteroatoms. The normalized spacial score (nSPS) is 11.7. The van der Waals surface area contributed by atoms with Crippen molar-refractivity contribution in [2.45, 2.75) is 58.6 Å². The van der Waals surface area contributed by atoms with E-state index in [1.807, 2.05) is 70.7 Å². The van der Waals surface area contributed by atoms with Gasteiger partial charge in [0, 0.05) is 43.2 Å². The molecule has 0 saturated heterocycles. The zero-order valence-corrected chi connectivity index (χ0v) is 22.6. The van der Waals surface area contributed by atoms with E-state index in [-0.39, 0.29) is 5.97 Å². The second-order valence-corrected chi connectivity index (χ2v) is 10.5. The Morgan fingerprint density at radius 3 is 2.54 bits per heavy atom. The van der Waals surface area contributed by atoms with E-state index in [4.69, 9.17) is 9.72 Å². The molecule has 0 aliphatic heterocycles. The Hall–Kier alpha value is -4.54. The van der Waals surface area contributed by atoms with Gasteiger partial charge in [-0.3, -0.25) is 9.48 Å². The fourth-order valence-corrected chi connectivity index (χ4v) is 4.16. The first-order valence-electron chi connectivity index (χ1n) is 12.9. The van der Waals surface area contributed by atoms with Crippen molar-refractivity contribution in [3.8, 4) is 22.6 Å². The first-order chi connectivity index (χ1) is 18.7. The van der Waals surface area contributed by atoms with Crippen LogP contribution < -0.4 is 0 Å².